The molecule has 0 atom stereocenters. The summed E-state index contributed by atoms with van der Waals surface area (Å²) in [6, 6.07) is 6.77. The number of allylic oxidation sites excluding steroid dienone is 2. The number of esters is 1. The van der Waals surface area contributed by atoms with Crippen LogP contribution in [0.3, 0.4) is 0 Å². The summed E-state index contributed by atoms with van der Waals surface area (Å²) in [5.74, 6) is -3.15. The van der Waals surface area contributed by atoms with Crippen LogP contribution in [0.1, 0.15) is 36.3 Å². The fourth-order valence-electron chi connectivity index (χ4n) is 2.46. The first-order valence-electron chi connectivity index (χ1n) is 8.50. The van der Waals surface area contributed by atoms with Crippen molar-refractivity contribution in [1.29, 1.82) is 0 Å². The lowest BCUT2D eigenvalue weighted by molar-refractivity contribution is -0.112. The van der Waals surface area contributed by atoms with Crippen molar-refractivity contribution >= 4 is 28.3 Å². The third-order valence-corrected chi connectivity index (χ3v) is 4.99. The van der Waals surface area contributed by atoms with Gasteiger partial charge in [0.1, 0.15) is 17.2 Å². The molecule has 5 nitrogen and oxygen atoms in total. The van der Waals surface area contributed by atoms with Crippen molar-refractivity contribution in [3.63, 3.8) is 0 Å². The number of methoxy groups -OCH3 is 1. The zero-order valence-electron chi connectivity index (χ0n) is 15.9. The first kappa shape index (κ1) is 21.4. The number of thiazole rings is 1. The minimum absolute atomic E-state index is 0.105. The molecule has 2 aromatic rings. The van der Waals surface area contributed by atoms with Crippen LogP contribution in [0.15, 0.2) is 47.6 Å². The molecule has 8 heteroatoms. The summed E-state index contributed by atoms with van der Waals surface area (Å²) in [4.78, 5) is 29.1. The number of aryl methyl sites for hydroxylation is 1. The minimum atomic E-state index is -0.934. The number of carbonyl (C=O) groups is 2. The van der Waals surface area contributed by atoms with Crippen LogP contribution in [0.2, 0.25) is 0 Å². The van der Waals surface area contributed by atoms with Gasteiger partial charge in [0.15, 0.2) is 5.13 Å². The van der Waals surface area contributed by atoms with E-state index in [0.29, 0.717) is 21.7 Å². The lowest BCUT2D eigenvalue weighted by Crippen LogP contribution is -2.16. The van der Waals surface area contributed by atoms with E-state index >= 15 is 0 Å². The number of carbonyl (C=O) groups excluding carboxylic acids is 2. The van der Waals surface area contributed by atoms with Crippen LogP contribution in [0.25, 0.3) is 10.4 Å². The molecular formula is C20H20F2N2O3S. The molecule has 0 aliphatic rings. The van der Waals surface area contributed by atoms with Gasteiger partial charge in [-0.15, -0.1) is 0 Å². The highest BCUT2D eigenvalue weighted by atomic mass is 32.1. The molecule has 148 valence electrons. The average molecular weight is 406 g/mol. The summed E-state index contributed by atoms with van der Waals surface area (Å²) in [6.45, 7) is 4.61. The number of nitrogens with zero attached hydrogens (tertiary/aromatic N) is 1. The molecule has 1 aromatic carbocycles. The quantitative estimate of drug-likeness (QED) is 0.399. The van der Waals surface area contributed by atoms with Gasteiger partial charge in [-0.25, -0.2) is 18.6 Å². The number of benzene rings is 1. The average Bonchev–Trinajstić information content (AvgIpc) is 3.06. The number of rotatable bonds is 6. The van der Waals surface area contributed by atoms with Crippen LogP contribution in [-0.4, -0.2) is 24.0 Å². The molecular weight excluding hydrogens is 386 g/mol. The fraction of sp³-hybridized carbons (Fsp3) is 0.250. The Morgan fingerprint density at radius 3 is 2.64 bits per heavy atom. The fourth-order valence-corrected chi connectivity index (χ4v) is 3.42. The lowest BCUT2D eigenvalue weighted by atomic mass is 10.1. The van der Waals surface area contributed by atoms with Crippen LogP contribution >= 0.6 is 11.3 Å². The predicted molar refractivity (Wildman–Crippen MR) is 106 cm³/mol. The maximum absolute atomic E-state index is 14.0. The Balaban J connectivity index is 2.35. The van der Waals surface area contributed by atoms with Gasteiger partial charge < -0.3 is 4.74 Å². The standard InChI is InChI=1S/C20H20F2N2O3S/c1-5-14(21)16(15(22)6-2)18(25)24-20-23-11(3)17(28-20)12-8-7-9-13(10-12)19(26)27-4/h5,7-10H,6H2,1-4H3,(H,23,24,25)/b14-5+,16-15-. The maximum atomic E-state index is 14.0. The van der Waals surface area contributed by atoms with Gasteiger partial charge in [0.2, 0.25) is 0 Å². The van der Waals surface area contributed by atoms with E-state index in [0.717, 1.165) is 17.4 Å². The first-order chi connectivity index (χ1) is 13.3. The van der Waals surface area contributed by atoms with E-state index in [9.17, 15) is 18.4 Å². The van der Waals surface area contributed by atoms with Gasteiger partial charge in [0.05, 0.1) is 23.2 Å². The van der Waals surface area contributed by atoms with Gasteiger partial charge in [-0.3, -0.25) is 10.1 Å². The summed E-state index contributed by atoms with van der Waals surface area (Å²) in [5.41, 5.74) is 1.07. The molecule has 0 aliphatic carbocycles. The van der Waals surface area contributed by atoms with E-state index in [1.54, 1.807) is 31.2 Å². The molecule has 1 N–H and O–H groups in total. The van der Waals surface area contributed by atoms with E-state index in [4.69, 9.17) is 4.74 Å². The number of nitrogens with one attached hydrogen (secondary N) is 1. The number of amides is 1. The van der Waals surface area contributed by atoms with Crippen molar-refractivity contribution in [3.8, 4) is 10.4 Å². The third kappa shape index (κ3) is 4.69. The zero-order valence-corrected chi connectivity index (χ0v) is 16.7. The molecule has 0 saturated carbocycles. The summed E-state index contributed by atoms with van der Waals surface area (Å²) < 4.78 is 32.6. The molecule has 0 fully saturated rings. The Hall–Kier alpha value is -2.87. The summed E-state index contributed by atoms with van der Waals surface area (Å²) in [5, 5.41) is 2.65. The molecule has 28 heavy (non-hydrogen) atoms. The summed E-state index contributed by atoms with van der Waals surface area (Å²) in [6.07, 6.45) is 0.924. The van der Waals surface area contributed by atoms with Gasteiger partial charge in [0, 0.05) is 0 Å². The van der Waals surface area contributed by atoms with Crippen molar-refractivity contribution in [1.82, 2.24) is 4.98 Å². The second-order valence-electron chi connectivity index (χ2n) is 5.73. The number of aromatic nitrogens is 1. The van der Waals surface area contributed by atoms with Crippen LogP contribution in [-0.2, 0) is 9.53 Å². The van der Waals surface area contributed by atoms with Crippen molar-refractivity contribution in [2.45, 2.75) is 27.2 Å². The highest BCUT2D eigenvalue weighted by Crippen LogP contribution is 2.34. The molecule has 0 unspecified atom stereocenters. The van der Waals surface area contributed by atoms with E-state index < -0.39 is 29.1 Å². The van der Waals surface area contributed by atoms with Crippen molar-refractivity contribution in [2.24, 2.45) is 0 Å². The smallest absolute Gasteiger partial charge is 0.337 e. The zero-order chi connectivity index (χ0) is 20.8. The van der Waals surface area contributed by atoms with E-state index in [1.807, 2.05) is 0 Å². The van der Waals surface area contributed by atoms with Crippen molar-refractivity contribution in [2.75, 3.05) is 12.4 Å². The van der Waals surface area contributed by atoms with Crippen molar-refractivity contribution < 1.29 is 23.1 Å². The van der Waals surface area contributed by atoms with Crippen molar-refractivity contribution in [3.05, 3.63) is 58.8 Å². The topological polar surface area (TPSA) is 68.3 Å². The molecule has 1 aromatic heterocycles. The number of ether oxygens (including phenoxy) is 1. The van der Waals surface area contributed by atoms with Crippen LogP contribution in [0.4, 0.5) is 13.9 Å². The molecule has 0 bridgehead atoms. The van der Waals surface area contributed by atoms with Gasteiger partial charge in [0.25, 0.3) is 5.91 Å². The Kier molecular flexibility index (Phi) is 7.17. The Labute approximate surface area is 165 Å². The molecule has 1 heterocycles. The second kappa shape index (κ2) is 9.36. The highest BCUT2D eigenvalue weighted by molar-refractivity contribution is 7.19. The van der Waals surface area contributed by atoms with Gasteiger partial charge in [-0.1, -0.05) is 36.5 Å². The number of hydrogen-bond acceptors (Lipinski definition) is 5. The Morgan fingerprint density at radius 2 is 2.04 bits per heavy atom. The van der Waals surface area contributed by atoms with Crippen LogP contribution in [0, 0.1) is 6.92 Å². The molecule has 0 saturated heterocycles. The highest BCUT2D eigenvalue weighted by Gasteiger charge is 2.21. The predicted octanol–water partition coefficient (Wildman–Crippen LogP) is 5.35. The third-order valence-electron chi connectivity index (χ3n) is 3.86. The first-order valence-corrected chi connectivity index (χ1v) is 9.32. The Morgan fingerprint density at radius 1 is 1.32 bits per heavy atom. The summed E-state index contributed by atoms with van der Waals surface area (Å²) >= 11 is 1.14. The van der Waals surface area contributed by atoms with Crippen LogP contribution < -0.4 is 5.32 Å². The largest absolute Gasteiger partial charge is 0.465 e. The Bertz CT molecular complexity index is 964. The minimum Gasteiger partial charge on any atom is -0.465 e. The number of anilines is 1. The normalized spacial score (nSPS) is 12.4. The lowest BCUT2D eigenvalue weighted by Gasteiger charge is -2.06. The molecule has 1 amide bonds. The molecule has 0 aliphatic heterocycles. The van der Waals surface area contributed by atoms with E-state index in [1.165, 1.54) is 21.0 Å². The molecule has 0 radical (unpaired) electrons. The van der Waals surface area contributed by atoms with Crippen LogP contribution in [0.5, 0.6) is 0 Å². The SMILES string of the molecule is C/C=C(F)\C(C(=O)Nc1nc(C)c(-c2cccc(C(=O)OC)c2)s1)=C(\F)CC. The monoisotopic (exact) mass is 406 g/mol. The van der Waals surface area contributed by atoms with E-state index in [-0.39, 0.29) is 11.6 Å². The van der Waals surface area contributed by atoms with E-state index in [2.05, 4.69) is 10.3 Å². The number of hydrogen-bond donors (Lipinski definition) is 1. The number of halogens is 2. The molecule has 2 rings (SSSR count). The second-order valence-corrected chi connectivity index (χ2v) is 6.73. The molecule has 0 spiro atoms. The van der Waals surface area contributed by atoms with Gasteiger partial charge >= 0.3 is 5.97 Å². The maximum Gasteiger partial charge on any atom is 0.337 e. The van der Waals surface area contributed by atoms with Gasteiger partial charge in [-0.2, -0.15) is 0 Å². The summed E-state index contributed by atoms with van der Waals surface area (Å²) in [7, 11) is 1.30. The van der Waals surface area contributed by atoms with Gasteiger partial charge in [-0.05, 0) is 38.0 Å².